The molecule has 11 nitrogen and oxygen atoms in total. The van der Waals surface area contributed by atoms with Crippen LogP contribution in [0.2, 0.25) is 0 Å². The molecule has 1 aliphatic carbocycles. The number of carbonyl (C=O) groups is 3. The molecule has 0 spiro atoms. The normalized spacial score (nSPS) is 16.8. The summed E-state index contributed by atoms with van der Waals surface area (Å²) in [6.45, 7) is 0.805. The van der Waals surface area contributed by atoms with Crippen LogP contribution in [0, 0.1) is 5.92 Å². The fourth-order valence-corrected chi connectivity index (χ4v) is 5.02. The summed E-state index contributed by atoms with van der Waals surface area (Å²) >= 11 is 1.25. The monoisotopic (exact) mass is 563 g/mol. The molecule has 4 N–H and O–H groups in total. The second kappa shape index (κ2) is 13.6. The first-order valence-corrected chi connectivity index (χ1v) is 13.4. The largest absolute Gasteiger partial charge is 0.497 e. The van der Waals surface area contributed by atoms with Gasteiger partial charge in [-0.3, -0.25) is 9.78 Å². The van der Waals surface area contributed by atoms with Crippen LogP contribution in [0.1, 0.15) is 31.2 Å². The van der Waals surface area contributed by atoms with Crippen LogP contribution in [0.3, 0.4) is 0 Å². The maximum absolute atomic E-state index is 13.0. The first-order valence-electron chi connectivity index (χ1n) is 12.6. The number of benzene rings is 2. The number of rotatable bonds is 8. The lowest BCUT2D eigenvalue weighted by molar-refractivity contribution is -0.134. The van der Waals surface area contributed by atoms with Gasteiger partial charge in [-0.05, 0) is 67.6 Å². The molecule has 0 atom stereocenters. The van der Waals surface area contributed by atoms with E-state index >= 15 is 0 Å². The summed E-state index contributed by atoms with van der Waals surface area (Å²) in [7, 11) is 1.64. The number of hydrogen-bond acceptors (Lipinski definition) is 9. The number of hydrogen-bond donors (Lipinski definition) is 4. The Morgan fingerprint density at radius 2 is 1.65 bits per heavy atom. The third-order valence-electron chi connectivity index (χ3n) is 6.59. The summed E-state index contributed by atoms with van der Waals surface area (Å²) in [5.74, 6) is -1.66. The molecule has 12 heteroatoms. The molecule has 5 rings (SSSR count). The number of carboxylic acid groups (broad SMARTS) is 2. The number of carbonyl (C=O) groups excluding carboxylic acids is 1. The molecule has 2 aromatic heterocycles. The van der Waals surface area contributed by atoms with Gasteiger partial charge >= 0.3 is 11.9 Å². The third-order valence-corrected chi connectivity index (χ3v) is 7.14. The number of nitrogens with one attached hydrogen (secondary N) is 2. The van der Waals surface area contributed by atoms with Crippen LogP contribution in [-0.2, 0) is 20.9 Å². The van der Waals surface area contributed by atoms with Gasteiger partial charge in [-0.25, -0.2) is 9.59 Å². The van der Waals surface area contributed by atoms with Crippen molar-refractivity contribution in [1.29, 1.82) is 0 Å². The van der Waals surface area contributed by atoms with Crippen LogP contribution >= 0.6 is 11.7 Å². The molecule has 0 radical (unpaired) electrons. The van der Waals surface area contributed by atoms with Crippen LogP contribution in [0.25, 0.3) is 21.9 Å². The zero-order valence-electron chi connectivity index (χ0n) is 21.7. The van der Waals surface area contributed by atoms with Crippen LogP contribution in [-0.4, -0.2) is 54.9 Å². The van der Waals surface area contributed by atoms with Gasteiger partial charge in [0.15, 0.2) is 0 Å². The van der Waals surface area contributed by atoms with Crippen molar-refractivity contribution < 1.29 is 29.3 Å². The Labute approximate surface area is 234 Å². The fourth-order valence-electron chi connectivity index (χ4n) is 4.50. The molecule has 0 saturated heterocycles. The van der Waals surface area contributed by atoms with Crippen molar-refractivity contribution in [3.8, 4) is 5.75 Å². The average molecular weight is 564 g/mol. The Kier molecular flexibility index (Phi) is 9.71. The highest BCUT2D eigenvalue weighted by molar-refractivity contribution is 7.00. The lowest BCUT2D eigenvalue weighted by Gasteiger charge is -2.28. The predicted molar refractivity (Wildman–Crippen MR) is 151 cm³/mol. The third kappa shape index (κ3) is 7.80. The van der Waals surface area contributed by atoms with Gasteiger partial charge < -0.3 is 25.6 Å². The fraction of sp³-hybridized carbons (Fsp3) is 0.286. The van der Waals surface area contributed by atoms with E-state index in [9.17, 15) is 14.4 Å². The van der Waals surface area contributed by atoms with Crippen molar-refractivity contribution in [2.45, 2.75) is 38.3 Å². The number of nitrogens with zero attached hydrogens (tertiary/aromatic N) is 3. The van der Waals surface area contributed by atoms with Crippen LogP contribution in [0.5, 0.6) is 5.75 Å². The number of fused-ring (bicyclic) bond motifs is 2. The molecule has 0 bridgehead atoms. The van der Waals surface area contributed by atoms with Crippen LogP contribution < -0.4 is 15.4 Å². The minimum absolute atomic E-state index is 0.0271. The summed E-state index contributed by atoms with van der Waals surface area (Å²) in [5, 5.41) is 23.3. The van der Waals surface area contributed by atoms with Crippen molar-refractivity contribution in [3.63, 3.8) is 0 Å². The quantitative estimate of drug-likeness (QED) is 0.228. The highest BCUT2D eigenvalue weighted by atomic mass is 32.1. The molecular weight excluding hydrogens is 534 g/mol. The highest BCUT2D eigenvalue weighted by Gasteiger charge is 2.26. The lowest BCUT2D eigenvalue weighted by atomic mass is 9.85. The van der Waals surface area contributed by atoms with Crippen LogP contribution in [0.4, 0.5) is 5.69 Å². The Hall–Kier alpha value is -4.42. The molecule has 1 aliphatic rings. The molecule has 2 aromatic carbocycles. The zero-order valence-corrected chi connectivity index (χ0v) is 22.6. The summed E-state index contributed by atoms with van der Waals surface area (Å²) in [5.41, 5.74) is 4.74. The standard InChI is InChI=1S/C24H25N5O2S.C4H4O4/c1-31-18-7-9-20-19(13-18)21(10-11-25-20)27-24(30)16-3-5-17(6-4-16)26-14-15-2-8-22-23(12-15)29-32-28-22;5-3(6)1-2-4(7)8/h2,7-13,16-17,26H,3-6,14H2,1H3,(H,25,27,30);1-2H,(H,5,6)(H,7,8)/b;2-1+. The number of aliphatic carboxylic acids is 2. The molecular formula is C28H29N5O6S. The first kappa shape index (κ1) is 28.6. The number of amides is 1. The second-order valence-electron chi connectivity index (χ2n) is 9.26. The number of anilines is 1. The Balaban J connectivity index is 0.000000406. The van der Waals surface area contributed by atoms with E-state index < -0.39 is 11.9 Å². The number of aromatic nitrogens is 3. The van der Waals surface area contributed by atoms with Gasteiger partial charge in [0.2, 0.25) is 5.91 Å². The predicted octanol–water partition coefficient (Wildman–Crippen LogP) is 4.25. The van der Waals surface area contributed by atoms with E-state index in [1.165, 1.54) is 17.3 Å². The van der Waals surface area contributed by atoms with E-state index in [0.717, 1.165) is 65.6 Å². The van der Waals surface area contributed by atoms with Gasteiger partial charge in [0, 0.05) is 42.2 Å². The van der Waals surface area contributed by atoms with E-state index in [-0.39, 0.29) is 11.8 Å². The lowest BCUT2D eigenvalue weighted by Crippen LogP contribution is -2.36. The second-order valence-corrected chi connectivity index (χ2v) is 9.79. The number of methoxy groups -OCH3 is 1. The van der Waals surface area contributed by atoms with E-state index in [4.69, 9.17) is 14.9 Å². The van der Waals surface area contributed by atoms with Crippen LogP contribution in [0.15, 0.2) is 60.8 Å². The van der Waals surface area contributed by atoms with E-state index in [1.54, 1.807) is 13.3 Å². The SMILES string of the molecule is COc1ccc2nccc(NC(=O)C3CCC(NCc4ccc5nsnc5c4)CC3)c2c1.O=C(O)/C=C/C(=O)O. The molecule has 208 valence electrons. The molecule has 0 unspecified atom stereocenters. The molecule has 0 aliphatic heterocycles. The Morgan fingerprint density at radius 3 is 2.35 bits per heavy atom. The maximum Gasteiger partial charge on any atom is 0.328 e. The van der Waals surface area contributed by atoms with Gasteiger partial charge in [-0.2, -0.15) is 8.75 Å². The molecule has 4 aromatic rings. The number of carboxylic acids is 2. The van der Waals surface area contributed by atoms with E-state index in [1.807, 2.05) is 30.3 Å². The Bertz CT molecular complexity index is 1510. The minimum Gasteiger partial charge on any atom is -0.497 e. The first-order chi connectivity index (χ1) is 19.3. The maximum atomic E-state index is 13.0. The zero-order chi connectivity index (χ0) is 28.5. The molecule has 40 heavy (non-hydrogen) atoms. The summed E-state index contributed by atoms with van der Waals surface area (Å²) in [6.07, 6.45) is 6.58. The van der Waals surface area contributed by atoms with E-state index in [0.29, 0.717) is 18.2 Å². The van der Waals surface area contributed by atoms with Crippen molar-refractivity contribution in [2.24, 2.45) is 5.92 Å². The molecule has 1 saturated carbocycles. The summed E-state index contributed by atoms with van der Waals surface area (Å²) in [4.78, 5) is 36.4. The van der Waals surface area contributed by atoms with E-state index in [2.05, 4.69) is 36.5 Å². The van der Waals surface area contributed by atoms with Crippen molar-refractivity contribution in [3.05, 3.63) is 66.4 Å². The highest BCUT2D eigenvalue weighted by Crippen LogP contribution is 2.29. The number of ether oxygens (including phenoxy) is 1. The average Bonchev–Trinajstić information content (AvgIpc) is 3.43. The smallest absolute Gasteiger partial charge is 0.328 e. The van der Waals surface area contributed by atoms with Gasteiger partial charge in [0.1, 0.15) is 16.8 Å². The molecule has 1 amide bonds. The molecule has 2 heterocycles. The topological polar surface area (TPSA) is 164 Å². The minimum atomic E-state index is -1.26. The van der Waals surface area contributed by atoms with Gasteiger partial charge in [-0.15, -0.1) is 0 Å². The number of pyridine rings is 1. The van der Waals surface area contributed by atoms with Crippen molar-refractivity contribution in [1.82, 2.24) is 19.0 Å². The summed E-state index contributed by atoms with van der Waals surface area (Å²) in [6, 6.07) is 14.2. The van der Waals surface area contributed by atoms with Crippen molar-refractivity contribution in [2.75, 3.05) is 12.4 Å². The summed E-state index contributed by atoms with van der Waals surface area (Å²) < 4.78 is 13.9. The van der Waals surface area contributed by atoms with Gasteiger partial charge in [0.05, 0.1) is 30.0 Å². The molecule has 1 fully saturated rings. The van der Waals surface area contributed by atoms with Gasteiger partial charge in [-0.1, -0.05) is 6.07 Å². The van der Waals surface area contributed by atoms with Gasteiger partial charge in [0.25, 0.3) is 0 Å². The van der Waals surface area contributed by atoms with Crippen molar-refractivity contribution >= 4 is 57.2 Å². The Morgan fingerprint density at radius 1 is 0.950 bits per heavy atom.